The molecular formula is C38H69NO12. The quantitative estimate of drug-likeness (QED) is 0.269. The Labute approximate surface area is 305 Å². The second-order valence-corrected chi connectivity index (χ2v) is 16.8. The maximum Gasteiger partial charge on any atom is 0.311 e. The summed E-state index contributed by atoms with van der Waals surface area (Å²) >= 11 is 0. The van der Waals surface area contributed by atoms with E-state index in [1.807, 2.05) is 46.7 Å². The lowest BCUT2D eigenvalue weighted by molar-refractivity contribution is -0.304. The van der Waals surface area contributed by atoms with Gasteiger partial charge in [0.15, 0.2) is 6.29 Å². The third kappa shape index (κ3) is 9.89. The zero-order chi connectivity index (χ0) is 38.8. The van der Waals surface area contributed by atoms with E-state index in [2.05, 4.69) is 0 Å². The molecule has 1 aliphatic carbocycles. The second kappa shape index (κ2) is 17.5. The highest BCUT2D eigenvalue weighted by atomic mass is 16.7. The normalized spacial score (nSPS) is 48.3. The number of ketones is 1. The summed E-state index contributed by atoms with van der Waals surface area (Å²) in [5.74, 6) is -3.24. The first kappa shape index (κ1) is 44.1. The number of Topliss-reactive ketones (excluding diaryl/α,β-unsaturated/α-hetero) is 1. The van der Waals surface area contributed by atoms with Crippen LogP contribution in [0.4, 0.5) is 0 Å². The standard InChI is InChI=1S/C38H69NO12/c1-14-28-38(9,45)29(46-12)17-27(40)21(3)18-37(8,47-13)33(51-35-30(41)26(39(10)11)16-22(4)48-35)23(5)31(24(6)34(43)50-28)49-25-15-20(2)32(42)36(7,44)19-25/h20-26,28-33,35,41-42,44-45H,14-19H2,1-13H3/t20-,21-,22-,23+,24-,25-,26+,28-,29-,30-,31+,32+,33-,35+,36-,37+,38-/m1/s1. The van der Waals surface area contributed by atoms with Gasteiger partial charge in [0.1, 0.15) is 23.6 Å². The molecule has 0 amide bonds. The minimum atomic E-state index is -1.70. The van der Waals surface area contributed by atoms with Gasteiger partial charge in [-0.15, -0.1) is 0 Å². The lowest BCUT2D eigenvalue weighted by atomic mass is 9.74. The van der Waals surface area contributed by atoms with Crippen LogP contribution in [-0.2, 0) is 38.0 Å². The van der Waals surface area contributed by atoms with Crippen LogP contribution in [0.25, 0.3) is 0 Å². The summed E-state index contributed by atoms with van der Waals surface area (Å²) in [6.45, 7) is 15.9. The lowest BCUT2D eigenvalue weighted by Crippen LogP contribution is -2.60. The maximum atomic E-state index is 14.2. The number of carbonyl (C=O) groups is 2. The molecule has 17 atom stereocenters. The highest BCUT2D eigenvalue weighted by molar-refractivity contribution is 5.81. The third-order valence-electron chi connectivity index (χ3n) is 12.2. The fourth-order valence-electron chi connectivity index (χ4n) is 8.79. The van der Waals surface area contributed by atoms with Crippen LogP contribution in [0.1, 0.15) is 101 Å². The van der Waals surface area contributed by atoms with Gasteiger partial charge in [0.25, 0.3) is 0 Å². The summed E-state index contributed by atoms with van der Waals surface area (Å²) in [6, 6.07) is -0.259. The Hall–Kier alpha value is -1.26. The number of ether oxygens (including phenoxy) is 6. The molecule has 0 bridgehead atoms. The van der Waals surface area contributed by atoms with Crippen molar-refractivity contribution in [2.24, 2.45) is 23.7 Å². The smallest absolute Gasteiger partial charge is 0.311 e. The van der Waals surface area contributed by atoms with Crippen molar-refractivity contribution in [2.75, 3.05) is 28.3 Å². The number of likely N-dealkylation sites (N-methyl/N-ethyl adjacent to an activating group) is 1. The summed E-state index contributed by atoms with van der Waals surface area (Å²) in [6.07, 6.45) is -6.16. The number of aliphatic hydroxyl groups is 4. The van der Waals surface area contributed by atoms with Crippen molar-refractivity contribution in [3.05, 3.63) is 0 Å². The molecule has 13 heteroatoms. The van der Waals surface area contributed by atoms with E-state index in [4.69, 9.17) is 28.4 Å². The molecule has 0 aromatic carbocycles. The molecule has 2 aliphatic heterocycles. The zero-order valence-electron chi connectivity index (χ0n) is 33.3. The van der Waals surface area contributed by atoms with Crippen LogP contribution in [0.3, 0.4) is 0 Å². The molecule has 51 heavy (non-hydrogen) atoms. The number of aliphatic hydroxyl groups excluding tert-OH is 2. The molecule has 0 spiro atoms. The van der Waals surface area contributed by atoms with E-state index in [1.54, 1.807) is 27.7 Å². The van der Waals surface area contributed by atoms with Crippen molar-refractivity contribution in [3.63, 3.8) is 0 Å². The van der Waals surface area contributed by atoms with Crippen molar-refractivity contribution < 1.29 is 58.4 Å². The van der Waals surface area contributed by atoms with Gasteiger partial charge in [0, 0.05) is 44.9 Å². The van der Waals surface area contributed by atoms with Crippen LogP contribution in [0, 0.1) is 23.7 Å². The molecule has 4 N–H and O–H groups in total. The van der Waals surface area contributed by atoms with Crippen LogP contribution in [0.5, 0.6) is 0 Å². The van der Waals surface area contributed by atoms with Crippen molar-refractivity contribution in [1.82, 2.24) is 4.90 Å². The first-order valence-electron chi connectivity index (χ1n) is 18.8. The summed E-state index contributed by atoms with van der Waals surface area (Å²) in [7, 11) is 6.74. The van der Waals surface area contributed by atoms with Gasteiger partial charge >= 0.3 is 5.97 Å². The predicted molar refractivity (Wildman–Crippen MR) is 190 cm³/mol. The number of carbonyl (C=O) groups excluding carboxylic acids is 2. The van der Waals surface area contributed by atoms with E-state index in [-0.39, 0.29) is 49.5 Å². The molecule has 1 saturated carbocycles. The molecular weight excluding hydrogens is 662 g/mol. The summed E-state index contributed by atoms with van der Waals surface area (Å²) in [4.78, 5) is 30.0. The van der Waals surface area contributed by atoms with E-state index in [1.165, 1.54) is 21.1 Å². The zero-order valence-corrected chi connectivity index (χ0v) is 33.3. The van der Waals surface area contributed by atoms with E-state index in [0.717, 1.165) is 0 Å². The van der Waals surface area contributed by atoms with Gasteiger partial charge in [-0.2, -0.15) is 0 Å². The molecule has 3 rings (SSSR count). The predicted octanol–water partition coefficient (Wildman–Crippen LogP) is 2.86. The van der Waals surface area contributed by atoms with E-state index in [9.17, 15) is 30.0 Å². The molecule has 0 unspecified atom stereocenters. The number of methoxy groups -OCH3 is 2. The third-order valence-corrected chi connectivity index (χ3v) is 12.2. The Kier molecular flexibility index (Phi) is 15.1. The molecule has 2 saturated heterocycles. The Morgan fingerprint density at radius 3 is 2.10 bits per heavy atom. The second-order valence-electron chi connectivity index (χ2n) is 16.8. The SMILES string of the molecule is CC[C@H]1OC(=O)[C@H](C)[C@@H](O[C@@H]2C[C@@H](C)[C@H](O)[C@](C)(O)C2)[C@H](C)[C@@H](O[C@@H]2O[C@H](C)C[C@H](N(C)C)[C@H]2O)[C@@](C)(OC)C[C@@H](C)C(=O)C[C@@H](OC)[C@]1(C)O. The van der Waals surface area contributed by atoms with Crippen molar-refractivity contribution in [1.29, 1.82) is 0 Å². The molecule has 298 valence electrons. The molecule has 13 nitrogen and oxygen atoms in total. The average molecular weight is 732 g/mol. The molecule has 0 aromatic heterocycles. The van der Waals surface area contributed by atoms with Crippen LogP contribution < -0.4 is 0 Å². The van der Waals surface area contributed by atoms with Crippen LogP contribution >= 0.6 is 0 Å². The number of cyclic esters (lactones) is 1. The lowest BCUT2D eigenvalue weighted by Gasteiger charge is -2.49. The Bertz CT molecular complexity index is 1150. The molecule has 3 aliphatic rings. The summed E-state index contributed by atoms with van der Waals surface area (Å²) in [5, 5.41) is 45.2. The van der Waals surface area contributed by atoms with Gasteiger partial charge in [0.05, 0.1) is 53.7 Å². The topological polar surface area (TPSA) is 174 Å². The van der Waals surface area contributed by atoms with E-state index < -0.39 is 89.5 Å². The fourth-order valence-corrected chi connectivity index (χ4v) is 8.79. The number of nitrogens with zero attached hydrogens (tertiary/aromatic N) is 1. The molecule has 2 heterocycles. The average Bonchev–Trinajstić information content (AvgIpc) is 3.05. The van der Waals surface area contributed by atoms with Crippen LogP contribution in [0.15, 0.2) is 0 Å². The van der Waals surface area contributed by atoms with E-state index in [0.29, 0.717) is 12.8 Å². The summed E-state index contributed by atoms with van der Waals surface area (Å²) < 4.78 is 37.9. The molecule has 0 radical (unpaired) electrons. The molecule has 0 aromatic rings. The fraction of sp³-hybridized carbons (Fsp3) is 0.947. The van der Waals surface area contributed by atoms with Gasteiger partial charge in [0.2, 0.25) is 0 Å². The highest BCUT2D eigenvalue weighted by Crippen LogP contribution is 2.42. The van der Waals surface area contributed by atoms with Gasteiger partial charge in [-0.05, 0) is 80.3 Å². The maximum absolute atomic E-state index is 14.2. The number of rotatable bonds is 8. The number of esters is 1. The Balaban J connectivity index is 2.20. The van der Waals surface area contributed by atoms with Gasteiger partial charge < -0.3 is 53.7 Å². The van der Waals surface area contributed by atoms with Gasteiger partial charge in [-0.25, -0.2) is 0 Å². The van der Waals surface area contributed by atoms with Crippen molar-refractivity contribution in [2.45, 2.75) is 179 Å². The van der Waals surface area contributed by atoms with Crippen molar-refractivity contribution in [3.8, 4) is 0 Å². The van der Waals surface area contributed by atoms with Crippen LogP contribution in [0.2, 0.25) is 0 Å². The highest BCUT2D eigenvalue weighted by Gasteiger charge is 2.53. The van der Waals surface area contributed by atoms with Gasteiger partial charge in [-0.3, -0.25) is 9.59 Å². The summed E-state index contributed by atoms with van der Waals surface area (Å²) in [5.41, 5.74) is -4.31. The first-order chi connectivity index (χ1) is 23.5. The monoisotopic (exact) mass is 731 g/mol. The largest absolute Gasteiger partial charge is 0.459 e. The van der Waals surface area contributed by atoms with Crippen molar-refractivity contribution >= 4 is 11.8 Å². The first-order valence-corrected chi connectivity index (χ1v) is 18.8. The molecule has 3 fully saturated rings. The number of hydrogen-bond donors (Lipinski definition) is 4. The van der Waals surface area contributed by atoms with Gasteiger partial charge in [-0.1, -0.05) is 27.7 Å². The minimum Gasteiger partial charge on any atom is -0.459 e. The minimum absolute atomic E-state index is 0.121. The number of hydrogen-bond acceptors (Lipinski definition) is 13. The van der Waals surface area contributed by atoms with Crippen LogP contribution in [-0.4, -0.2) is 143 Å². The Morgan fingerprint density at radius 1 is 0.941 bits per heavy atom. The Morgan fingerprint density at radius 2 is 1.57 bits per heavy atom. The van der Waals surface area contributed by atoms with E-state index >= 15 is 0 Å².